The Balaban J connectivity index is 3.40. The van der Waals surface area contributed by atoms with E-state index in [4.69, 9.17) is 16.3 Å². The third-order valence-electron chi connectivity index (χ3n) is 1.40. The third-order valence-corrected chi connectivity index (χ3v) is 2.34. The Morgan fingerprint density at radius 3 is 2.60 bits per heavy atom. The van der Waals surface area contributed by atoms with E-state index in [9.17, 15) is 13.2 Å². The number of halogens is 1. The van der Waals surface area contributed by atoms with E-state index in [0.717, 1.165) is 6.26 Å². The number of hydrogen-bond donors (Lipinski definition) is 1. The lowest BCUT2D eigenvalue weighted by atomic mass is 10.4. The minimum Gasteiger partial charge on any atom is -0.380 e. The largest absolute Gasteiger partial charge is 0.380 e. The fourth-order valence-corrected chi connectivity index (χ4v) is 1.54. The van der Waals surface area contributed by atoms with Gasteiger partial charge in [-0.25, -0.2) is 8.42 Å². The highest BCUT2D eigenvalue weighted by molar-refractivity contribution is 7.91. The molecular formula is C8H16ClNO4S. The summed E-state index contributed by atoms with van der Waals surface area (Å²) >= 11 is 5.38. The third kappa shape index (κ3) is 11.6. The maximum Gasteiger partial charge on any atom is 0.235 e. The molecule has 0 rings (SSSR count). The molecule has 7 heteroatoms. The van der Waals surface area contributed by atoms with Gasteiger partial charge in [0.1, 0.15) is 5.75 Å². The van der Waals surface area contributed by atoms with Gasteiger partial charge in [0.2, 0.25) is 5.91 Å². The van der Waals surface area contributed by atoms with Crippen LogP contribution in [0.2, 0.25) is 0 Å². The molecule has 1 N–H and O–H groups in total. The lowest BCUT2D eigenvalue weighted by molar-refractivity contribution is -0.118. The van der Waals surface area contributed by atoms with Crippen molar-refractivity contribution < 1.29 is 17.9 Å². The molecule has 0 aliphatic carbocycles. The van der Waals surface area contributed by atoms with E-state index < -0.39 is 21.5 Å². The molecule has 0 spiro atoms. The van der Waals surface area contributed by atoms with E-state index in [0.29, 0.717) is 32.1 Å². The SMILES string of the molecule is CS(=O)(=O)CC(=O)NCCCOCCCl. The molecule has 5 nitrogen and oxygen atoms in total. The molecule has 0 bridgehead atoms. The number of rotatable bonds is 8. The number of hydrogen-bond acceptors (Lipinski definition) is 4. The van der Waals surface area contributed by atoms with Gasteiger partial charge in [-0.05, 0) is 6.42 Å². The van der Waals surface area contributed by atoms with Crippen LogP contribution < -0.4 is 5.32 Å². The number of nitrogens with one attached hydrogen (secondary N) is 1. The highest BCUT2D eigenvalue weighted by Crippen LogP contribution is 1.85. The first-order chi connectivity index (χ1) is 6.95. The van der Waals surface area contributed by atoms with Gasteiger partial charge in [0.25, 0.3) is 0 Å². The Morgan fingerprint density at radius 2 is 2.07 bits per heavy atom. The smallest absolute Gasteiger partial charge is 0.235 e. The van der Waals surface area contributed by atoms with E-state index in [1.165, 1.54) is 0 Å². The highest BCUT2D eigenvalue weighted by Gasteiger charge is 2.09. The minimum atomic E-state index is -3.24. The molecule has 0 aliphatic rings. The second kappa shape index (κ2) is 7.90. The molecule has 0 aromatic rings. The Kier molecular flexibility index (Phi) is 7.72. The average Bonchev–Trinajstić information content (AvgIpc) is 2.08. The van der Waals surface area contributed by atoms with Gasteiger partial charge in [0.05, 0.1) is 6.61 Å². The van der Waals surface area contributed by atoms with Crippen LogP contribution >= 0.6 is 11.6 Å². The number of carbonyl (C=O) groups excluding carboxylic acids is 1. The standard InChI is InChI=1S/C8H16ClNO4S/c1-15(12,13)7-8(11)10-4-2-5-14-6-3-9/h2-7H2,1H3,(H,10,11). The van der Waals surface area contributed by atoms with Gasteiger partial charge < -0.3 is 10.1 Å². The van der Waals surface area contributed by atoms with Crippen LogP contribution in [0.3, 0.4) is 0 Å². The summed E-state index contributed by atoms with van der Waals surface area (Å²) in [6.45, 7) is 1.40. The van der Waals surface area contributed by atoms with Crippen molar-refractivity contribution in [2.24, 2.45) is 0 Å². The molecule has 0 fully saturated rings. The van der Waals surface area contributed by atoms with E-state index >= 15 is 0 Å². The van der Waals surface area contributed by atoms with Gasteiger partial charge in [-0.1, -0.05) is 0 Å². The first-order valence-electron chi connectivity index (χ1n) is 4.54. The normalized spacial score (nSPS) is 11.3. The summed E-state index contributed by atoms with van der Waals surface area (Å²) in [5.74, 6) is -0.495. The molecular weight excluding hydrogens is 242 g/mol. The number of ether oxygens (including phenoxy) is 1. The van der Waals surface area contributed by atoms with Crippen molar-refractivity contribution in [1.82, 2.24) is 5.32 Å². The van der Waals surface area contributed by atoms with Gasteiger partial charge in [-0.15, -0.1) is 11.6 Å². The summed E-state index contributed by atoms with van der Waals surface area (Å²) in [7, 11) is -3.24. The Morgan fingerprint density at radius 1 is 1.40 bits per heavy atom. The molecule has 0 aliphatic heterocycles. The predicted molar refractivity (Wildman–Crippen MR) is 58.9 cm³/mol. The van der Waals surface area contributed by atoms with Crippen molar-refractivity contribution in [2.75, 3.05) is 37.6 Å². The van der Waals surface area contributed by atoms with Crippen molar-refractivity contribution >= 4 is 27.3 Å². The summed E-state index contributed by atoms with van der Waals surface area (Å²) in [5.41, 5.74) is 0. The van der Waals surface area contributed by atoms with Crippen molar-refractivity contribution in [2.45, 2.75) is 6.42 Å². The average molecular weight is 258 g/mol. The Labute approximate surface area is 95.0 Å². The van der Waals surface area contributed by atoms with Crippen LogP contribution in [0.1, 0.15) is 6.42 Å². The Hall–Kier alpha value is -0.330. The number of sulfone groups is 1. The first kappa shape index (κ1) is 14.7. The number of amides is 1. The van der Waals surface area contributed by atoms with E-state index in [1.54, 1.807) is 0 Å². The minimum absolute atomic E-state index is 0.413. The zero-order valence-electron chi connectivity index (χ0n) is 8.66. The van der Waals surface area contributed by atoms with Gasteiger partial charge >= 0.3 is 0 Å². The maximum absolute atomic E-state index is 11.0. The summed E-state index contributed by atoms with van der Waals surface area (Å²) in [6.07, 6.45) is 1.67. The summed E-state index contributed by atoms with van der Waals surface area (Å²) in [4.78, 5) is 11.0. The van der Waals surface area contributed by atoms with Gasteiger partial charge in [-0.3, -0.25) is 4.79 Å². The van der Waals surface area contributed by atoms with Crippen molar-refractivity contribution in [3.05, 3.63) is 0 Å². The fraction of sp³-hybridized carbons (Fsp3) is 0.875. The zero-order chi connectivity index (χ0) is 11.7. The van der Waals surface area contributed by atoms with Crippen LogP contribution in [0.5, 0.6) is 0 Å². The van der Waals surface area contributed by atoms with Crippen LogP contribution in [0.15, 0.2) is 0 Å². The predicted octanol–water partition coefficient (Wildman–Crippen LogP) is -0.207. The molecule has 0 aromatic carbocycles. The van der Waals surface area contributed by atoms with E-state index in [2.05, 4.69) is 5.32 Å². The van der Waals surface area contributed by atoms with Crippen molar-refractivity contribution in [1.29, 1.82) is 0 Å². The fourth-order valence-electron chi connectivity index (χ4n) is 0.848. The van der Waals surface area contributed by atoms with Crippen LogP contribution in [0, 0.1) is 0 Å². The molecule has 0 saturated carbocycles. The summed E-state index contributed by atoms with van der Waals surface area (Å²) < 4.78 is 26.5. The molecule has 0 heterocycles. The van der Waals surface area contributed by atoms with Gasteiger partial charge in [0, 0.05) is 25.3 Å². The first-order valence-corrected chi connectivity index (χ1v) is 7.13. The van der Waals surface area contributed by atoms with Crippen LogP contribution in [-0.4, -0.2) is 52.0 Å². The van der Waals surface area contributed by atoms with Crippen LogP contribution in [0.25, 0.3) is 0 Å². The topological polar surface area (TPSA) is 72.5 Å². The molecule has 0 aromatic heterocycles. The van der Waals surface area contributed by atoms with E-state index in [1.807, 2.05) is 0 Å². The van der Waals surface area contributed by atoms with Gasteiger partial charge in [-0.2, -0.15) is 0 Å². The van der Waals surface area contributed by atoms with Crippen molar-refractivity contribution in [3.63, 3.8) is 0 Å². The monoisotopic (exact) mass is 257 g/mol. The van der Waals surface area contributed by atoms with Gasteiger partial charge in [0.15, 0.2) is 9.84 Å². The zero-order valence-corrected chi connectivity index (χ0v) is 10.2. The van der Waals surface area contributed by atoms with Crippen LogP contribution in [0.4, 0.5) is 0 Å². The Bertz CT molecular complexity index is 278. The molecule has 15 heavy (non-hydrogen) atoms. The second-order valence-corrected chi connectivity index (χ2v) is 5.59. The molecule has 0 saturated heterocycles. The second-order valence-electron chi connectivity index (χ2n) is 3.07. The molecule has 0 unspecified atom stereocenters. The summed E-state index contributed by atoms with van der Waals surface area (Å²) in [5, 5.41) is 2.49. The summed E-state index contributed by atoms with van der Waals surface area (Å²) in [6, 6.07) is 0. The molecule has 1 amide bonds. The van der Waals surface area contributed by atoms with Crippen LogP contribution in [-0.2, 0) is 19.4 Å². The molecule has 0 radical (unpaired) electrons. The molecule has 0 atom stereocenters. The quantitative estimate of drug-likeness (QED) is 0.483. The molecule has 90 valence electrons. The number of alkyl halides is 1. The number of carbonyl (C=O) groups is 1. The lowest BCUT2D eigenvalue weighted by Crippen LogP contribution is -2.31. The highest BCUT2D eigenvalue weighted by atomic mass is 35.5. The van der Waals surface area contributed by atoms with Crippen molar-refractivity contribution in [3.8, 4) is 0 Å². The lowest BCUT2D eigenvalue weighted by Gasteiger charge is -2.04. The maximum atomic E-state index is 11.0. The van der Waals surface area contributed by atoms with E-state index in [-0.39, 0.29) is 0 Å².